The first kappa shape index (κ1) is 14.0. The SMILES string of the molecule is Cc1csc([C@H]2CCCCN2C(=O)C[C@H]2CCCO2)n1. The molecular formula is C15H22N2O2S. The summed E-state index contributed by atoms with van der Waals surface area (Å²) in [5.74, 6) is 0.245. The van der Waals surface area contributed by atoms with Crippen LogP contribution >= 0.6 is 11.3 Å². The molecule has 0 bridgehead atoms. The second-order valence-corrected chi connectivity index (χ2v) is 6.65. The summed E-state index contributed by atoms with van der Waals surface area (Å²) in [6, 6.07) is 0.191. The second-order valence-electron chi connectivity index (χ2n) is 5.76. The number of hydrogen-bond acceptors (Lipinski definition) is 4. The molecular weight excluding hydrogens is 272 g/mol. The Bertz CT molecular complexity index is 468. The highest BCUT2D eigenvalue weighted by molar-refractivity contribution is 7.09. The predicted molar refractivity (Wildman–Crippen MR) is 78.7 cm³/mol. The molecule has 20 heavy (non-hydrogen) atoms. The number of thiazole rings is 1. The number of amides is 1. The lowest BCUT2D eigenvalue weighted by molar-refractivity contribution is -0.137. The van der Waals surface area contributed by atoms with Crippen molar-refractivity contribution in [2.75, 3.05) is 13.2 Å². The van der Waals surface area contributed by atoms with E-state index < -0.39 is 0 Å². The predicted octanol–water partition coefficient (Wildman–Crippen LogP) is 3.07. The van der Waals surface area contributed by atoms with Crippen LogP contribution in [0.2, 0.25) is 0 Å². The van der Waals surface area contributed by atoms with Gasteiger partial charge in [0.25, 0.3) is 0 Å². The Labute approximate surface area is 124 Å². The number of rotatable bonds is 3. The molecule has 2 aliphatic rings. The van der Waals surface area contributed by atoms with Gasteiger partial charge in [-0.3, -0.25) is 4.79 Å². The summed E-state index contributed by atoms with van der Waals surface area (Å²) in [5.41, 5.74) is 1.06. The highest BCUT2D eigenvalue weighted by atomic mass is 32.1. The lowest BCUT2D eigenvalue weighted by Gasteiger charge is -2.35. The van der Waals surface area contributed by atoms with Crippen molar-refractivity contribution in [3.63, 3.8) is 0 Å². The van der Waals surface area contributed by atoms with Crippen LogP contribution in [0.3, 0.4) is 0 Å². The van der Waals surface area contributed by atoms with Gasteiger partial charge in [0.1, 0.15) is 5.01 Å². The van der Waals surface area contributed by atoms with Gasteiger partial charge in [0.2, 0.25) is 5.91 Å². The molecule has 2 atom stereocenters. The number of likely N-dealkylation sites (tertiary alicyclic amines) is 1. The van der Waals surface area contributed by atoms with Gasteiger partial charge in [-0.2, -0.15) is 0 Å². The summed E-state index contributed by atoms with van der Waals surface area (Å²) >= 11 is 1.68. The zero-order chi connectivity index (χ0) is 13.9. The lowest BCUT2D eigenvalue weighted by Crippen LogP contribution is -2.39. The third-order valence-corrected chi connectivity index (χ3v) is 5.24. The standard InChI is InChI=1S/C15H22N2O2S/c1-11-10-20-15(16-11)13-6-2-3-7-17(13)14(18)9-12-5-4-8-19-12/h10,12-13H,2-9H2,1H3/t12-,13-/m1/s1. The first-order valence-electron chi connectivity index (χ1n) is 7.57. The fourth-order valence-electron chi connectivity index (χ4n) is 3.13. The molecule has 3 rings (SSSR count). The normalized spacial score (nSPS) is 26.9. The van der Waals surface area contributed by atoms with Gasteiger partial charge in [-0.05, 0) is 39.0 Å². The van der Waals surface area contributed by atoms with Crippen molar-refractivity contribution in [1.29, 1.82) is 0 Å². The van der Waals surface area contributed by atoms with Crippen LogP contribution < -0.4 is 0 Å². The molecule has 1 amide bonds. The van der Waals surface area contributed by atoms with E-state index >= 15 is 0 Å². The fourth-order valence-corrected chi connectivity index (χ4v) is 4.07. The summed E-state index contributed by atoms with van der Waals surface area (Å²) in [6.07, 6.45) is 6.15. The maximum Gasteiger partial charge on any atom is 0.225 e. The quantitative estimate of drug-likeness (QED) is 0.860. The molecule has 110 valence electrons. The van der Waals surface area contributed by atoms with Crippen molar-refractivity contribution >= 4 is 17.2 Å². The van der Waals surface area contributed by atoms with E-state index in [1.54, 1.807) is 11.3 Å². The average molecular weight is 294 g/mol. The molecule has 5 heteroatoms. The molecule has 0 aromatic carbocycles. The molecule has 0 aliphatic carbocycles. The van der Waals surface area contributed by atoms with Gasteiger partial charge in [-0.1, -0.05) is 0 Å². The molecule has 0 radical (unpaired) electrons. The van der Waals surface area contributed by atoms with Gasteiger partial charge in [-0.25, -0.2) is 4.98 Å². The smallest absolute Gasteiger partial charge is 0.225 e. The van der Waals surface area contributed by atoms with Crippen molar-refractivity contribution in [1.82, 2.24) is 9.88 Å². The van der Waals surface area contributed by atoms with E-state index in [0.29, 0.717) is 6.42 Å². The average Bonchev–Trinajstić information content (AvgIpc) is 3.10. The van der Waals surface area contributed by atoms with Gasteiger partial charge in [-0.15, -0.1) is 11.3 Å². The van der Waals surface area contributed by atoms with Crippen LogP contribution in [0.15, 0.2) is 5.38 Å². The van der Waals surface area contributed by atoms with Crippen LogP contribution in [0.5, 0.6) is 0 Å². The molecule has 2 aliphatic heterocycles. The number of ether oxygens (including phenoxy) is 1. The van der Waals surface area contributed by atoms with Crippen LogP contribution in [0.4, 0.5) is 0 Å². The highest BCUT2D eigenvalue weighted by Gasteiger charge is 2.31. The first-order valence-corrected chi connectivity index (χ1v) is 8.45. The maximum atomic E-state index is 12.6. The van der Waals surface area contributed by atoms with E-state index in [-0.39, 0.29) is 18.1 Å². The number of nitrogens with zero attached hydrogens (tertiary/aromatic N) is 2. The minimum absolute atomic E-state index is 0.142. The Morgan fingerprint density at radius 2 is 2.35 bits per heavy atom. The first-order chi connectivity index (χ1) is 9.74. The molecule has 0 N–H and O–H groups in total. The summed E-state index contributed by atoms with van der Waals surface area (Å²) in [4.78, 5) is 19.2. The van der Waals surface area contributed by atoms with Crippen LogP contribution in [0.25, 0.3) is 0 Å². The molecule has 2 saturated heterocycles. The number of carbonyl (C=O) groups is 1. The van der Waals surface area contributed by atoms with Crippen LogP contribution in [-0.2, 0) is 9.53 Å². The number of carbonyl (C=O) groups excluding carboxylic acids is 1. The minimum Gasteiger partial charge on any atom is -0.378 e. The van der Waals surface area contributed by atoms with Crippen LogP contribution in [0, 0.1) is 6.92 Å². The van der Waals surface area contributed by atoms with Gasteiger partial charge in [0.15, 0.2) is 0 Å². The monoisotopic (exact) mass is 294 g/mol. The van der Waals surface area contributed by atoms with Crippen molar-refractivity contribution in [2.45, 2.75) is 57.6 Å². The summed E-state index contributed by atoms with van der Waals surface area (Å²) in [6.45, 7) is 3.70. The largest absolute Gasteiger partial charge is 0.378 e. The van der Waals surface area contributed by atoms with Crippen molar-refractivity contribution in [3.8, 4) is 0 Å². The molecule has 2 fully saturated rings. The molecule has 1 aromatic heterocycles. The van der Waals surface area contributed by atoms with E-state index in [1.807, 2.05) is 11.8 Å². The third kappa shape index (κ3) is 3.04. The Morgan fingerprint density at radius 3 is 3.05 bits per heavy atom. The number of piperidine rings is 1. The lowest BCUT2D eigenvalue weighted by atomic mass is 10.0. The molecule has 1 aromatic rings. The van der Waals surface area contributed by atoms with E-state index in [2.05, 4.69) is 10.4 Å². The molecule has 0 unspecified atom stereocenters. The van der Waals surface area contributed by atoms with E-state index in [4.69, 9.17) is 4.74 Å². The second kappa shape index (κ2) is 6.22. The maximum absolute atomic E-state index is 12.6. The number of aromatic nitrogens is 1. The van der Waals surface area contributed by atoms with Gasteiger partial charge in [0.05, 0.1) is 18.6 Å². The number of aryl methyl sites for hydroxylation is 1. The Hall–Kier alpha value is -0.940. The molecule has 0 spiro atoms. The van der Waals surface area contributed by atoms with Crippen molar-refractivity contribution in [2.24, 2.45) is 0 Å². The van der Waals surface area contributed by atoms with Gasteiger partial charge < -0.3 is 9.64 Å². The fraction of sp³-hybridized carbons (Fsp3) is 0.733. The van der Waals surface area contributed by atoms with Gasteiger partial charge >= 0.3 is 0 Å². The van der Waals surface area contributed by atoms with E-state index in [0.717, 1.165) is 49.5 Å². The number of hydrogen-bond donors (Lipinski definition) is 0. The van der Waals surface area contributed by atoms with Crippen molar-refractivity contribution < 1.29 is 9.53 Å². The van der Waals surface area contributed by atoms with Gasteiger partial charge in [0, 0.05) is 24.2 Å². The van der Waals surface area contributed by atoms with Crippen LogP contribution in [0.1, 0.15) is 55.3 Å². The van der Waals surface area contributed by atoms with E-state index in [9.17, 15) is 4.79 Å². The summed E-state index contributed by atoms with van der Waals surface area (Å²) in [5, 5.41) is 3.18. The third-order valence-electron chi connectivity index (χ3n) is 4.17. The van der Waals surface area contributed by atoms with Crippen molar-refractivity contribution in [3.05, 3.63) is 16.1 Å². The minimum atomic E-state index is 0.142. The Morgan fingerprint density at radius 1 is 1.45 bits per heavy atom. The highest BCUT2D eigenvalue weighted by Crippen LogP contribution is 2.33. The zero-order valence-corrected chi connectivity index (χ0v) is 12.8. The summed E-state index contributed by atoms with van der Waals surface area (Å²) in [7, 11) is 0. The molecule has 0 saturated carbocycles. The van der Waals surface area contributed by atoms with E-state index in [1.165, 1.54) is 6.42 Å². The van der Waals surface area contributed by atoms with Crippen LogP contribution in [-0.4, -0.2) is 35.0 Å². The molecule has 4 nitrogen and oxygen atoms in total. The Kier molecular flexibility index (Phi) is 4.36. The molecule has 3 heterocycles. The summed E-state index contributed by atoms with van der Waals surface area (Å²) < 4.78 is 5.60. The topological polar surface area (TPSA) is 42.4 Å². The zero-order valence-electron chi connectivity index (χ0n) is 12.0. The Balaban J connectivity index is 1.69.